The minimum absolute atomic E-state index is 0.161. The molecule has 8 aromatic rings. The maximum Gasteiger partial charge on any atom is 0.123 e. The largest absolute Gasteiger partial charge is 0.310 e. The third-order valence-corrected chi connectivity index (χ3v) is 11.7. The summed E-state index contributed by atoms with van der Waals surface area (Å²) in [6.07, 6.45) is 0. The van der Waals surface area contributed by atoms with Crippen LogP contribution < -0.4 is 4.90 Å². The van der Waals surface area contributed by atoms with Crippen LogP contribution in [0.1, 0.15) is 47.2 Å². The van der Waals surface area contributed by atoms with E-state index in [0.29, 0.717) is 0 Å². The first-order valence-electron chi connectivity index (χ1n) is 18.1. The molecule has 0 saturated carbocycles. The van der Waals surface area contributed by atoms with Gasteiger partial charge in [0.2, 0.25) is 0 Å². The van der Waals surface area contributed by atoms with Gasteiger partial charge in [0.05, 0.1) is 5.41 Å². The van der Waals surface area contributed by atoms with Crippen LogP contribution in [-0.4, -0.2) is 0 Å². The van der Waals surface area contributed by atoms with Crippen LogP contribution in [0.15, 0.2) is 176 Å². The second-order valence-electron chi connectivity index (χ2n) is 14.8. The second kappa shape index (κ2) is 11.6. The molecule has 0 saturated heterocycles. The second-order valence-corrected chi connectivity index (χ2v) is 14.8. The van der Waals surface area contributed by atoms with Gasteiger partial charge in [-0.1, -0.05) is 129 Å². The van der Waals surface area contributed by atoms with Crippen LogP contribution in [0.5, 0.6) is 0 Å². The van der Waals surface area contributed by atoms with Crippen LogP contribution in [0.25, 0.3) is 33.0 Å². The zero-order valence-electron chi connectivity index (χ0n) is 29.4. The van der Waals surface area contributed by atoms with Gasteiger partial charge < -0.3 is 4.90 Å². The average Bonchev–Trinajstić information content (AvgIpc) is 3.62. The highest BCUT2D eigenvalue weighted by Crippen LogP contribution is 2.59. The van der Waals surface area contributed by atoms with Crippen molar-refractivity contribution < 1.29 is 8.78 Å². The highest BCUT2D eigenvalue weighted by Gasteiger charge is 2.47. The number of rotatable bonds is 5. The molecule has 0 aromatic heterocycles. The number of hydrogen-bond donors (Lipinski definition) is 0. The van der Waals surface area contributed by atoms with Crippen molar-refractivity contribution in [1.29, 1.82) is 0 Å². The summed E-state index contributed by atoms with van der Waals surface area (Å²) >= 11 is 0. The molecular formula is C50H35F2N. The monoisotopic (exact) mass is 687 g/mol. The van der Waals surface area contributed by atoms with Crippen LogP contribution in [0.3, 0.4) is 0 Å². The molecule has 0 fully saturated rings. The van der Waals surface area contributed by atoms with E-state index in [-0.39, 0.29) is 17.0 Å². The van der Waals surface area contributed by atoms with Gasteiger partial charge in [0.1, 0.15) is 11.6 Å². The summed E-state index contributed by atoms with van der Waals surface area (Å²) in [6.45, 7) is 4.62. The minimum atomic E-state index is -0.851. The molecular weight excluding hydrogens is 653 g/mol. The number of benzene rings is 8. The molecule has 2 aliphatic carbocycles. The Morgan fingerprint density at radius 2 is 0.981 bits per heavy atom. The van der Waals surface area contributed by atoms with E-state index < -0.39 is 5.41 Å². The number of hydrogen-bond acceptors (Lipinski definition) is 1. The van der Waals surface area contributed by atoms with Crippen molar-refractivity contribution in [3.8, 4) is 22.3 Å². The standard InChI is InChI=1S/C50H35F2N/c1-49(2)44-15-9-8-14-41(44)42-27-25-38(30-46(42)49)53(37-11-4-3-5-12-37)39-26-28-43-47(31-39)50(33-17-21-35(51)22-18-33,34-19-23-36(52)24-20-34)45-29-16-32-10-6-7-13-40(32)48(43)45/h3-31H,1-2H3. The number of para-hydroxylation sites is 1. The molecule has 53 heavy (non-hydrogen) atoms. The van der Waals surface area contributed by atoms with Crippen molar-refractivity contribution in [1.82, 2.24) is 0 Å². The van der Waals surface area contributed by atoms with Gasteiger partial charge in [-0.15, -0.1) is 0 Å². The van der Waals surface area contributed by atoms with Gasteiger partial charge in [0, 0.05) is 22.5 Å². The van der Waals surface area contributed by atoms with Gasteiger partial charge in [-0.25, -0.2) is 8.78 Å². The average molecular weight is 688 g/mol. The molecule has 0 bridgehead atoms. The van der Waals surface area contributed by atoms with Crippen molar-refractivity contribution in [2.45, 2.75) is 24.7 Å². The van der Waals surface area contributed by atoms with Crippen LogP contribution in [0.4, 0.5) is 25.8 Å². The lowest BCUT2D eigenvalue weighted by atomic mass is 9.67. The normalized spacial score (nSPS) is 14.3. The molecule has 0 atom stereocenters. The lowest BCUT2D eigenvalue weighted by Crippen LogP contribution is -2.29. The SMILES string of the molecule is CC1(C)c2ccccc2-c2ccc(N(c3ccccc3)c3ccc4c(c3)C(c3ccc(F)cc3)(c3ccc(F)cc3)c3ccc5ccccc5c3-4)cc21. The Hall–Kier alpha value is -6.32. The van der Waals surface area contributed by atoms with E-state index in [1.807, 2.05) is 30.3 Å². The van der Waals surface area contributed by atoms with E-state index in [1.54, 1.807) is 0 Å². The van der Waals surface area contributed by atoms with Gasteiger partial charge in [-0.2, -0.15) is 0 Å². The highest BCUT2D eigenvalue weighted by molar-refractivity contribution is 6.04. The van der Waals surface area contributed by atoms with E-state index >= 15 is 0 Å². The summed E-state index contributed by atoms with van der Waals surface area (Å²) in [5.74, 6) is -0.601. The minimum Gasteiger partial charge on any atom is -0.310 e. The van der Waals surface area contributed by atoms with Crippen molar-refractivity contribution in [2.24, 2.45) is 0 Å². The lowest BCUT2D eigenvalue weighted by molar-refractivity contribution is 0.622. The van der Waals surface area contributed by atoms with Gasteiger partial charge in [-0.3, -0.25) is 0 Å². The molecule has 254 valence electrons. The highest BCUT2D eigenvalue weighted by atomic mass is 19.1. The van der Waals surface area contributed by atoms with Gasteiger partial charge in [0.15, 0.2) is 0 Å². The third kappa shape index (κ3) is 4.53. The summed E-state index contributed by atoms with van der Waals surface area (Å²) in [4.78, 5) is 2.33. The molecule has 0 N–H and O–H groups in total. The number of fused-ring (bicyclic) bond motifs is 8. The topological polar surface area (TPSA) is 3.24 Å². The molecule has 0 aliphatic heterocycles. The Labute approximate surface area is 308 Å². The lowest BCUT2D eigenvalue weighted by Gasteiger charge is -2.35. The third-order valence-electron chi connectivity index (χ3n) is 11.7. The molecule has 0 amide bonds. The predicted molar refractivity (Wildman–Crippen MR) is 213 cm³/mol. The van der Waals surface area contributed by atoms with E-state index in [1.165, 1.54) is 46.5 Å². The fourth-order valence-electron chi connectivity index (χ4n) is 9.26. The molecule has 8 aromatic carbocycles. The van der Waals surface area contributed by atoms with Crippen LogP contribution in [-0.2, 0) is 10.8 Å². The summed E-state index contributed by atoms with van der Waals surface area (Å²) in [5, 5.41) is 2.29. The van der Waals surface area contributed by atoms with E-state index in [2.05, 4.69) is 140 Å². The quantitative estimate of drug-likeness (QED) is 0.174. The Morgan fingerprint density at radius 3 is 1.68 bits per heavy atom. The number of halogens is 2. The van der Waals surface area contributed by atoms with Crippen molar-refractivity contribution >= 4 is 27.8 Å². The fraction of sp³-hybridized carbons (Fsp3) is 0.0800. The maximum atomic E-state index is 14.7. The van der Waals surface area contributed by atoms with Crippen LogP contribution in [0, 0.1) is 11.6 Å². The molecule has 0 radical (unpaired) electrons. The molecule has 0 spiro atoms. The van der Waals surface area contributed by atoms with E-state index in [4.69, 9.17) is 0 Å². The number of nitrogens with zero attached hydrogens (tertiary/aromatic N) is 1. The van der Waals surface area contributed by atoms with E-state index in [9.17, 15) is 8.78 Å². The molecule has 3 heteroatoms. The fourth-order valence-corrected chi connectivity index (χ4v) is 9.26. The van der Waals surface area contributed by atoms with Crippen molar-refractivity contribution in [3.63, 3.8) is 0 Å². The van der Waals surface area contributed by atoms with Crippen molar-refractivity contribution in [3.05, 3.63) is 221 Å². The summed E-state index contributed by atoms with van der Waals surface area (Å²) in [5.41, 5.74) is 13.5. The Kier molecular flexibility index (Phi) is 6.87. The zero-order chi connectivity index (χ0) is 35.9. The maximum absolute atomic E-state index is 14.7. The Morgan fingerprint density at radius 1 is 0.415 bits per heavy atom. The summed E-state index contributed by atoms with van der Waals surface area (Å²) in [6, 6.07) is 59.3. The zero-order valence-corrected chi connectivity index (χ0v) is 29.4. The molecule has 0 heterocycles. The Balaban J connectivity index is 1.27. The van der Waals surface area contributed by atoms with Gasteiger partial charge in [-0.05, 0) is 127 Å². The molecule has 2 aliphatic rings. The predicted octanol–water partition coefficient (Wildman–Crippen LogP) is 13.3. The van der Waals surface area contributed by atoms with Gasteiger partial charge >= 0.3 is 0 Å². The van der Waals surface area contributed by atoms with E-state index in [0.717, 1.165) is 61.2 Å². The first-order chi connectivity index (χ1) is 25.9. The first kappa shape index (κ1) is 31.4. The van der Waals surface area contributed by atoms with Gasteiger partial charge in [0.25, 0.3) is 0 Å². The summed E-state index contributed by atoms with van der Waals surface area (Å²) in [7, 11) is 0. The molecule has 0 unspecified atom stereocenters. The smallest absolute Gasteiger partial charge is 0.123 e. The molecule has 1 nitrogen and oxygen atoms in total. The van der Waals surface area contributed by atoms with Crippen molar-refractivity contribution in [2.75, 3.05) is 4.90 Å². The number of anilines is 3. The first-order valence-corrected chi connectivity index (χ1v) is 18.1. The van der Waals surface area contributed by atoms with Crippen LogP contribution >= 0.6 is 0 Å². The Bertz CT molecular complexity index is 2660. The summed E-state index contributed by atoms with van der Waals surface area (Å²) < 4.78 is 29.4. The molecule has 10 rings (SSSR count). The van der Waals surface area contributed by atoms with Crippen LogP contribution in [0.2, 0.25) is 0 Å².